The maximum absolute atomic E-state index is 12.8. The Kier molecular flexibility index (Phi) is 7.32. The number of carbonyl (C=O) groups is 1. The van der Waals surface area contributed by atoms with Crippen LogP contribution in [0.1, 0.15) is 22.8 Å². The van der Waals surface area contributed by atoms with Gasteiger partial charge in [0.1, 0.15) is 0 Å². The summed E-state index contributed by atoms with van der Waals surface area (Å²) >= 11 is 0. The van der Waals surface area contributed by atoms with Gasteiger partial charge >= 0.3 is 0 Å². The van der Waals surface area contributed by atoms with Crippen molar-refractivity contribution in [1.29, 1.82) is 0 Å². The predicted octanol–water partition coefficient (Wildman–Crippen LogP) is 2.27. The van der Waals surface area contributed by atoms with Crippen molar-refractivity contribution in [3.63, 3.8) is 0 Å². The average Bonchev–Trinajstić information content (AvgIpc) is 2.66. The maximum Gasteiger partial charge on any atom is 0.254 e. The zero-order valence-electron chi connectivity index (χ0n) is 15.0. The van der Waals surface area contributed by atoms with Gasteiger partial charge in [-0.3, -0.25) is 4.79 Å². The number of nitrogens with one attached hydrogen (secondary N) is 1. The van der Waals surface area contributed by atoms with Crippen LogP contribution in [0.25, 0.3) is 0 Å². The molecule has 7 heteroatoms. The summed E-state index contributed by atoms with van der Waals surface area (Å²) in [5.74, 6) is -0.203. The third kappa shape index (κ3) is 5.39. The average molecular weight is 376 g/mol. The molecule has 0 saturated carbocycles. The monoisotopic (exact) mass is 376 g/mol. The van der Waals surface area contributed by atoms with Crippen LogP contribution >= 0.6 is 0 Å². The molecule has 0 aliphatic heterocycles. The second-order valence-electron chi connectivity index (χ2n) is 5.72. The molecule has 0 spiro atoms. The second-order valence-corrected chi connectivity index (χ2v) is 7.49. The summed E-state index contributed by atoms with van der Waals surface area (Å²) in [6, 6.07) is 15.8. The predicted molar refractivity (Wildman–Crippen MR) is 100 cm³/mol. The molecule has 2 aromatic rings. The van der Waals surface area contributed by atoms with Gasteiger partial charge < -0.3 is 9.64 Å². The zero-order valence-corrected chi connectivity index (χ0v) is 15.8. The summed E-state index contributed by atoms with van der Waals surface area (Å²) in [7, 11) is -2.18. The summed E-state index contributed by atoms with van der Waals surface area (Å²) in [6.07, 6.45) is 0. The minimum Gasteiger partial charge on any atom is -0.383 e. The lowest BCUT2D eigenvalue weighted by Gasteiger charge is -2.21. The van der Waals surface area contributed by atoms with Gasteiger partial charge in [0.25, 0.3) is 5.91 Å². The van der Waals surface area contributed by atoms with Crippen molar-refractivity contribution in [3.05, 3.63) is 65.7 Å². The van der Waals surface area contributed by atoms with Crippen LogP contribution in [-0.2, 0) is 21.3 Å². The number of amides is 1. The molecule has 0 aromatic heterocycles. The van der Waals surface area contributed by atoms with Crippen LogP contribution < -0.4 is 4.72 Å². The highest BCUT2D eigenvalue weighted by Gasteiger charge is 2.19. The van der Waals surface area contributed by atoms with E-state index < -0.39 is 10.0 Å². The molecule has 0 heterocycles. The number of sulfonamides is 1. The molecular formula is C19H24N2O4S. The Morgan fingerprint density at radius 2 is 1.85 bits per heavy atom. The third-order valence-electron chi connectivity index (χ3n) is 3.87. The first kappa shape index (κ1) is 20.1. The van der Waals surface area contributed by atoms with Crippen molar-refractivity contribution in [2.75, 3.05) is 26.8 Å². The first-order valence-electron chi connectivity index (χ1n) is 8.39. The third-order valence-corrected chi connectivity index (χ3v) is 5.33. The lowest BCUT2D eigenvalue weighted by Crippen LogP contribution is -2.31. The molecule has 0 unspecified atom stereocenters. The van der Waals surface area contributed by atoms with E-state index in [-0.39, 0.29) is 24.0 Å². The van der Waals surface area contributed by atoms with E-state index in [1.807, 2.05) is 37.3 Å². The fourth-order valence-corrected chi connectivity index (χ4v) is 3.53. The van der Waals surface area contributed by atoms with Crippen LogP contribution in [0, 0.1) is 0 Å². The molecule has 0 fully saturated rings. The van der Waals surface area contributed by atoms with Gasteiger partial charge in [0.15, 0.2) is 0 Å². The van der Waals surface area contributed by atoms with Crippen LogP contribution in [0.2, 0.25) is 0 Å². The second kappa shape index (κ2) is 9.47. The summed E-state index contributed by atoms with van der Waals surface area (Å²) in [5.41, 5.74) is 1.37. The largest absolute Gasteiger partial charge is 0.383 e. The molecule has 0 radical (unpaired) electrons. The Morgan fingerprint density at radius 3 is 2.50 bits per heavy atom. The molecule has 140 valence electrons. The molecule has 0 saturated heterocycles. The summed E-state index contributed by atoms with van der Waals surface area (Å²) in [6.45, 7) is 3.34. The summed E-state index contributed by atoms with van der Waals surface area (Å²) < 4.78 is 31.9. The van der Waals surface area contributed by atoms with Crippen molar-refractivity contribution in [2.45, 2.75) is 18.4 Å². The highest BCUT2D eigenvalue weighted by Crippen LogP contribution is 2.15. The SMILES string of the molecule is CCN(Cc1ccccc1)C(=O)c1cccc(S(=O)(=O)NCCOC)c1. The summed E-state index contributed by atoms with van der Waals surface area (Å²) in [5, 5.41) is 0. The van der Waals surface area contributed by atoms with Crippen LogP contribution in [0.4, 0.5) is 0 Å². The van der Waals surface area contributed by atoms with E-state index in [1.54, 1.807) is 17.0 Å². The van der Waals surface area contributed by atoms with Crippen molar-refractivity contribution < 1.29 is 17.9 Å². The lowest BCUT2D eigenvalue weighted by molar-refractivity contribution is 0.0752. The molecule has 0 bridgehead atoms. The van der Waals surface area contributed by atoms with Gasteiger partial charge in [0.05, 0.1) is 11.5 Å². The molecule has 26 heavy (non-hydrogen) atoms. The minimum absolute atomic E-state index is 0.0650. The molecule has 2 rings (SSSR count). The first-order chi connectivity index (χ1) is 12.5. The van der Waals surface area contributed by atoms with Gasteiger partial charge in [-0.05, 0) is 30.7 Å². The number of ether oxygens (including phenoxy) is 1. The highest BCUT2D eigenvalue weighted by molar-refractivity contribution is 7.89. The minimum atomic E-state index is -3.68. The maximum atomic E-state index is 12.8. The van der Waals surface area contributed by atoms with Gasteiger partial charge in [-0.15, -0.1) is 0 Å². The number of benzene rings is 2. The number of hydrogen-bond donors (Lipinski definition) is 1. The van der Waals surface area contributed by atoms with Crippen molar-refractivity contribution in [1.82, 2.24) is 9.62 Å². The fourth-order valence-electron chi connectivity index (χ4n) is 2.47. The van der Waals surface area contributed by atoms with Crippen LogP contribution in [0.5, 0.6) is 0 Å². The van der Waals surface area contributed by atoms with Gasteiger partial charge in [-0.25, -0.2) is 13.1 Å². The Hall–Kier alpha value is -2.22. The standard InChI is InChI=1S/C19H24N2O4S/c1-3-21(15-16-8-5-4-6-9-16)19(22)17-10-7-11-18(14-17)26(23,24)20-12-13-25-2/h4-11,14,20H,3,12-13,15H2,1-2H3. The molecule has 2 aromatic carbocycles. The quantitative estimate of drug-likeness (QED) is 0.681. The van der Waals surface area contributed by atoms with E-state index >= 15 is 0 Å². The van der Waals surface area contributed by atoms with Gasteiger partial charge in [0.2, 0.25) is 10.0 Å². The van der Waals surface area contributed by atoms with E-state index in [9.17, 15) is 13.2 Å². The van der Waals surface area contributed by atoms with Crippen molar-refractivity contribution in [2.24, 2.45) is 0 Å². The number of hydrogen-bond acceptors (Lipinski definition) is 4. The van der Waals surface area contributed by atoms with Crippen molar-refractivity contribution in [3.8, 4) is 0 Å². The molecule has 0 aliphatic carbocycles. The van der Waals surface area contributed by atoms with Crippen LogP contribution in [-0.4, -0.2) is 46.0 Å². The van der Waals surface area contributed by atoms with Crippen LogP contribution in [0.15, 0.2) is 59.5 Å². The normalized spacial score (nSPS) is 11.3. The smallest absolute Gasteiger partial charge is 0.254 e. The zero-order chi connectivity index (χ0) is 19.0. The lowest BCUT2D eigenvalue weighted by atomic mass is 10.1. The van der Waals surface area contributed by atoms with Gasteiger partial charge in [-0.1, -0.05) is 36.4 Å². The molecule has 1 amide bonds. The van der Waals surface area contributed by atoms with Gasteiger partial charge in [-0.2, -0.15) is 0 Å². The Morgan fingerprint density at radius 1 is 1.12 bits per heavy atom. The van der Waals surface area contributed by atoms with Crippen molar-refractivity contribution >= 4 is 15.9 Å². The number of carbonyl (C=O) groups excluding carboxylic acids is 1. The van der Waals surface area contributed by atoms with E-state index in [2.05, 4.69) is 4.72 Å². The molecular weight excluding hydrogens is 352 g/mol. The van der Waals surface area contributed by atoms with E-state index in [4.69, 9.17) is 4.74 Å². The molecule has 0 atom stereocenters. The first-order valence-corrected chi connectivity index (χ1v) is 9.88. The van der Waals surface area contributed by atoms with E-state index in [1.165, 1.54) is 19.2 Å². The topological polar surface area (TPSA) is 75.7 Å². The van der Waals surface area contributed by atoms with Crippen LogP contribution in [0.3, 0.4) is 0 Å². The van der Waals surface area contributed by atoms with Gasteiger partial charge in [0, 0.05) is 32.3 Å². The number of rotatable bonds is 9. The highest BCUT2D eigenvalue weighted by atomic mass is 32.2. The Balaban J connectivity index is 2.18. The van der Waals surface area contributed by atoms with E-state index in [0.29, 0.717) is 18.7 Å². The van der Waals surface area contributed by atoms with E-state index in [0.717, 1.165) is 5.56 Å². The number of methoxy groups -OCH3 is 1. The summed E-state index contributed by atoms with van der Waals surface area (Å²) in [4.78, 5) is 14.6. The fraction of sp³-hybridized carbons (Fsp3) is 0.316. The molecule has 1 N–H and O–H groups in total. The number of nitrogens with zero attached hydrogens (tertiary/aromatic N) is 1. The molecule has 0 aliphatic rings. The molecule has 6 nitrogen and oxygen atoms in total. The Bertz CT molecular complexity index is 822. The Labute approximate surface area is 154 Å².